The second-order valence-corrected chi connectivity index (χ2v) is 5.35. The summed E-state index contributed by atoms with van der Waals surface area (Å²) in [6, 6.07) is 7.84. The highest BCUT2D eigenvalue weighted by Crippen LogP contribution is 2.41. The number of urea groups is 1. The van der Waals surface area contributed by atoms with Crippen LogP contribution in [0.1, 0.15) is 37.7 Å². The predicted octanol–water partition coefficient (Wildman–Crippen LogP) is 2.11. The van der Waals surface area contributed by atoms with Crippen LogP contribution < -0.4 is 15.4 Å². The molecular weight excluding hydrogens is 284 g/mol. The highest BCUT2D eigenvalue weighted by atomic mass is 16.5. The van der Waals surface area contributed by atoms with Gasteiger partial charge in [-0.1, -0.05) is 12.1 Å². The van der Waals surface area contributed by atoms with Crippen LogP contribution in [0.25, 0.3) is 0 Å². The smallest absolute Gasteiger partial charge is 0.315 e. The molecule has 2 atom stereocenters. The van der Waals surface area contributed by atoms with E-state index in [0.717, 1.165) is 12.2 Å². The van der Waals surface area contributed by atoms with Gasteiger partial charge >= 0.3 is 12.0 Å². The van der Waals surface area contributed by atoms with Gasteiger partial charge in [0.25, 0.3) is 0 Å². The Balaban J connectivity index is 1.72. The Bertz CT molecular complexity index is 533. The first-order valence-electron chi connectivity index (χ1n) is 7.59. The lowest BCUT2D eigenvalue weighted by Gasteiger charge is -2.08. The molecule has 0 heterocycles. The molecule has 2 rings (SSSR count). The largest absolute Gasteiger partial charge is 0.494 e. The van der Waals surface area contributed by atoms with E-state index in [1.54, 1.807) is 0 Å². The molecule has 0 aliphatic heterocycles. The summed E-state index contributed by atoms with van der Waals surface area (Å²) in [5, 5.41) is 14.1. The van der Waals surface area contributed by atoms with Crippen molar-refractivity contribution in [3.8, 4) is 5.75 Å². The fourth-order valence-electron chi connectivity index (χ4n) is 2.39. The van der Waals surface area contributed by atoms with Crippen LogP contribution in [0.3, 0.4) is 0 Å². The van der Waals surface area contributed by atoms with Gasteiger partial charge in [-0.25, -0.2) is 4.79 Å². The lowest BCUT2D eigenvalue weighted by molar-refractivity contribution is -0.137. The SMILES string of the molecule is CCOc1cccc([C@@H]2C[C@H]2NC(=O)NCCCC(=O)O)c1. The second kappa shape index (κ2) is 7.68. The summed E-state index contributed by atoms with van der Waals surface area (Å²) in [5.74, 6) is 0.326. The van der Waals surface area contributed by atoms with Crippen molar-refractivity contribution in [1.82, 2.24) is 10.6 Å². The van der Waals surface area contributed by atoms with Gasteiger partial charge in [-0.15, -0.1) is 0 Å². The molecule has 1 aromatic carbocycles. The van der Waals surface area contributed by atoms with Crippen molar-refractivity contribution in [1.29, 1.82) is 0 Å². The number of carbonyl (C=O) groups is 2. The van der Waals surface area contributed by atoms with E-state index in [1.807, 2.05) is 31.2 Å². The average Bonchev–Trinajstić information content (AvgIpc) is 3.23. The third-order valence-corrected chi connectivity index (χ3v) is 3.56. The molecule has 0 unspecified atom stereocenters. The molecule has 0 spiro atoms. The molecule has 0 saturated heterocycles. The minimum absolute atomic E-state index is 0.0660. The number of benzene rings is 1. The van der Waals surface area contributed by atoms with E-state index >= 15 is 0 Å². The molecule has 6 nitrogen and oxygen atoms in total. The molecule has 1 fully saturated rings. The minimum atomic E-state index is -0.848. The summed E-state index contributed by atoms with van der Waals surface area (Å²) in [6.07, 6.45) is 1.42. The molecule has 1 aliphatic rings. The molecule has 0 bridgehead atoms. The molecule has 1 saturated carbocycles. The topological polar surface area (TPSA) is 87.7 Å². The number of carboxylic acid groups (broad SMARTS) is 1. The molecule has 3 N–H and O–H groups in total. The van der Waals surface area contributed by atoms with E-state index < -0.39 is 5.97 Å². The average molecular weight is 306 g/mol. The number of nitrogens with one attached hydrogen (secondary N) is 2. The Hall–Kier alpha value is -2.24. The lowest BCUT2D eigenvalue weighted by atomic mass is 10.1. The Kier molecular flexibility index (Phi) is 5.63. The Morgan fingerprint density at radius 2 is 2.23 bits per heavy atom. The molecule has 1 aromatic rings. The molecule has 2 amide bonds. The van der Waals surface area contributed by atoms with Gasteiger partial charge in [-0.3, -0.25) is 4.79 Å². The van der Waals surface area contributed by atoms with E-state index in [2.05, 4.69) is 10.6 Å². The van der Waals surface area contributed by atoms with Crippen molar-refractivity contribution in [3.05, 3.63) is 29.8 Å². The summed E-state index contributed by atoms with van der Waals surface area (Å²) in [5.41, 5.74) is 1.17. The van der Waals surface area contributed by atoms with Gasteiger partial charge in [-0.05, 0) is 37.5 Å². The zero-order valence-electron chi connectivity index (χ0n) is 12.7. The summed E-state index contributed by atoms with van der Waals surface area (Å²) >= 11 is 0. The normalized spacial score (nSPS) is 19.3. The van der Waals surface area contributed by atoms with Gasteiger partial charge in [-0.2, -0.15) is 0 Å². The van der Waals surface area contributed by atoms with Gasteiger partial charge in [0.2, 0.25) is 0 Å². The number of carbonyl (C=O) groups excluding carboxylic acids is 1. The summed E-state index contributed by atoms with van der Waals surface area (Å²) in [6.45, 7) is 2.95. The van der Waals surface area contributed by atoms with Gasteiger partial charge in [0.1, 0.15) is 5.75 Å². The van der Waals surface area contributed by atoms with Gasteiger partial charge in [0, 0.05) is 24.9 Å². The fraction of sp³-hybridized carbons (Fsp3) is 0.500. The number of carboxylic acids is 1. The third kappa shape index (κ3) is 4.95. The van der Waals surface area contributed by atoms with Crippen LogP contribution in [0.5, 0.6) is 5.75 Å². The predicted molar refractivity (Wildman–Crippen MR) is 82.2 cm³/mol. The van der Waals surface area contributed by atoms with Crippen LogP contribution in [-0.4, -0.2) is 36.3 Å². The van der Waals surface area contributed by atoms with Crippen LogP contribution in [0.2, 0.25) is 0 Å². The van der Waals surface area contributed by atoms with Crippen LogP contribution >= 0.6 is 0 Å². The molecular formula is C16H22N2O4. The highest BCUT2D eigenvalue weighted by Gasteiger charge is 2.39. The van der Waals surface area contributed by atoms with Crippen molar-refractivity contribution in [2.45, 2.75) is 38.1 Å². The molecule has 6 heteroatoms. The first kappa shape index (κ1) is 16.1. The van der Waals surface area contributed by atoms with Gasteiger partial charge in [0.15, 0.2) is 0 Å². The molecule has 1 aliphatic carbocycles. The zero-order chi connectivity index (χ0) is 15.9. The highest BCUT2D eigenvalue weighted by molar-refractivity contribution is 5.75. The first-order valence-corrected chi connectivity index (χ1v) is 7.59. The van der Waals surface area contributed by atoms with Gasteiger partial charge < -0.3 is 20.5 Å². The number of amides is 2. The molecule has 0 aromatic heterocycles. The van der Waals surface area contributed by atoms with Crippen LogP contribution in [-0.2, 0) is 4.79 Å². The lowest BCUT2D eigenvalue weighted by Crippen LogP contribution is -2.37. The van der Waals surface area contributed by atoms with Crippen LogP contribution in [0.4, 0.5) is 4.79 Å². The van der Waals surface area contributed by atoms with Gasteiger partial charge in [0.05, 0.1) is 6.61 Å². The van der Waals surface area contributed by atoms with E-state index in [0.29, 0.717) is 25.5 Å². The second-order valence-electron chi connectivity index (χ2n) is 5.35. The number of ether oxygens (including phenoxy) is 1. The minimum Gasteiger partial charge on any atom is -0.494 e. The molecule has 120 valence electrons. The number of hydrogen-bond acceptors (Lipinski definition) is 3. The summed E-state index contributed by atoms with van der Waals surface area (Å²) in [4.78, 5) is 22.1. The van der Waals surface area contributed by atoms with E-state index in [-0.39, 0.29) is 18.5 Å². The maximum atomic E-state index is 11.7. The van der Waals surface area contributed by atoms with Crippen molar-refractivity contribution >= 4 is 12.0 Å². The third-order valence-electron chi connectivity index (χ3n) is 3.56. The van der Waals surface area contributed by atoms with Crippen LogP contribution in [0, 0.1) is 0 Å². The van der Waals surface area contributed by atoms with Crippen molar-refractivity contribution in [2.75, 3.05) is 13.2 Å². The standard InChI is InChI=1S/C16H22N2O4/c1-2-22-12-6-3-5-11(9-12)13-10-14(13)18-16(21)17-8-4-7-15(19)20/h3,5-6,9,13-14H,2,4,7-8,10H2,1H3,(H,19,20)(H2,17,18,21)/t13-,14+/m0/s1. The number of rotatable bonds is 8. The maximum Gasteiger partial charge on any atom is 0.315 e. The summed E-state index contributed by atoms with van der Waals surface area (Å²) < 4.78 is 5.48. The van der Waals surface area contributed by atoms with Crippen LogP contribution in [0.15, 0.2) is 24.3 Å². The van der Waals surface area contributed by atoms with E-state index in [9.17, 15) is 9.59 Å². The van der Waals surface area contributed by atoms with Crippen molar-refractivity contribution in [3.63, 3.8) is 0 Å². The Labute approximate surface area is 129 Å². The van der Waals surface area contributed by atoms with E-state index in [4.69, 9.17) is 9.84 Å². The number of aliphatic carboxylic acids is 1. The van der Waals surface area contributed by atoms with Crippen molar-refractivity contribution < 1.29 is 19.4 Å². The molecule has 22 heavy (non-hydrogen) atoms. The maximum absolute atomic E-state index is 11.7. The monoisotopic (exact) mass is 306 g/mol. The van der Waals surface area contributed by atoms with E-state index in [1.165, 1.54) is 5.56 Å². The summed E-state index contributed by atoms with van der Waals surface area (Å²) in [7, 11) is 0. The Morgan fingerprint density at radius 3 is 2.95 bits per heavy atom. The fourth-order valence-corrected chi connectivity index (χ4v) is 2.39. The Morgan fingerprint density at radius 1 is 1.41 bits per heavy atom. The zero-order valence-corrected chi connectivity index (χ0v) is 12.7. The quantitative estimate of drug-likeness (QED) is 0.642. The molecule has 0 radical (unpaired) electrons. The first-order chi connectivity index (χ1) is 10.6. The number of hydrogen-bond donors (Lipinski definition) is 3. The van der Waals surface area contributed by atoms with Crippen molar-refractivity contribution in [2.24, 2.45) is 0 Å².